The van der Waals surface area contributed by atoms with Gasteiger partial charge in [-0.3, -0.25) is 9.69 Å². The molecule has 1 heterocycles. The largest absolute Gasteiger partial charge is 0.496 e. The molecule has 0 aliphatic carbocycles. The average Bonchev–Trinajstić information content (AvgIpc) is 2.64. The number of benzene rings is 2. The Morgan fingerprint density at radius 3 is 2.46 bits per heavy atom. The molecular weight excluding hydrogens is 462 g/mol. The zero-order valence-corrected chi connectivity index (χ0v) is 17.7. The summed E-state index contributed by atoms with van der Waals surface area (Å²) in [6, 6.07) is 14.2. The van der Waals surface area contributed by atoms with Crippen LogP contribution in [0.5, 0.6) is 5.75 Å². The molecule has 0 bridgehead atoms. The number of carbonyl (C=O) groups is 1. The topological polar surface area (TPSA) is 49.8 Å². The molecule has 26 heavy (non-hydrogen) atoms. The number of nitrogens with zero attached hydrogens (tertiary/aromatic N) is 1. The number of ether oxygens (including phenoxy) is 1. The van der Waals surface area contributed by atoms with Crippen molar-refractivity contribution in [2.75, 3.05) is 20.2 Å². The summed E-state index contributed by atoms with van der Waals surface area (Å²) in [5.41, 5.74) is 2.22. The molecule has 1 aliphatic rings. The van der Waals surface area contributed by atoms with Gasteiger partial charge in [-0.15, -0.1) is 0 Å². The van der Waals surface area contributed by atoms with Gasteiger partial charge in [0.05, 0.1) is 19.1 Å². The molecule has 0 aromatic heterocycles. The van der Waals surface area contributed by atoms with E-state index >= 15 is 0 Å². The van der Waals surface area contributed by atoms with Crippen molar-refractivity contribution < 1.29 is 14.6 Å². The average molecular weight is 483 g/mol. The van der Waals surface area contributed by atoms with Gasteiger partial charge in [-0.05, 0) is 55.8 Å². The lowest BCUT2D eigenvalue weighted by Crippen LogP contribution is -2.39. The maximum Gasteiger partial charge on any atom is 0.306 e. The Morgan fingerprint density at radius 1 is 1.15 bits per heavy atom. The molecule has 0 saturated carbocycles. The summed E-state index contributed by atoms with van der Waals surface area (Å²) >= 11 is 7.26. The third-order valence-electron chi connectivity index (χ3n) is 4.93. The Hall–Kier alpha value is -1.37. The molecule has 1 unspecified atom stereocenters. The van der Waals surface area contributed by atoms with Gasteiger partial charge in [0.25, 0.3) is 0 Å². The third kappa shape index (κ3) is 4.13. The number of piperidine rings is 1. The maximum absolute atomic E-state index is 11.3. The number of carboxylic acids is 1. The van der Waals surface area contributed by atoms with E-state index in [1.165, 1.54) is 0 Å². The van der Waals surface area contributed by atoms with Crippen LogP contribution < -0.4 is 4.74 Å². The number of hydrogen-bond acceptors (Lipinski definition) is 3. The molecule has 0 radical (unpaired) electrons. The van der Waals surface area contributed by atoms with E-state index < -0.39 is 5.97 Å². The van der Waals surface area contributed by atoms with E-state index in [2.05, 4.69) is 48.9 Å². The SMILES string of the molecule is COc1ccc(Br)cc1C(c1ccccc1Br)N1CCC(C(=O)O)CC1. The lowest BCUT2D eigenvalue weighted by Gasteiger charge is -2.38. The van der Waals surface area contributed by atoms with E-state index in [1.807, 2.05) is 30.3 Å². The number of aliphatic carboxylic acids is 1. The molecule has 6 heteroatoms. The van der Waals surface area contributed by atoms with Crippen LogP contribution in [-0.4, -0.2) is 36.2 Å². The Labute approximate surface area is 170 Å². The fraction of sp³-hybridized carbons (Fsp3) is 0.350. The normalized spacial score (nSPS) is 17.0. The maximum atomic E-state index is 11.3. The molecule has 1 atom stereocenters. The van der Waals surface area contributed by atoms with Gasteiger partial charge in [0.2, 0.25) is 0 Å². The predicted octanol–water partition coefficient (Wildman–Crippen LogP) is 5.11. The molecule has 0 amide bonds. The minimum Gasteiger partial charge on any atom is -0.496 e. The molecule has 4 nitrogen and oxygen atoms in total. The van der Waals surface area contributed by atoms with Crippen LogP contribution in [0, 0.1) is 5.92 Å². The van der Waals surface area contributed by atoms with Gasteiger partial charge in [-0.2, -0.15) is 0 Å². The lowest BCUT2D eigenvalue weighted by molar-refractivity contribution is -0.143. The summed E-state index contributed by atoms with van der Waals surface area (Å²) < 4.78 is 7.66. The van der Waals surface area contributed by atoms with Crippen LogP contribution in [-0.2, 0) is 4.79 Å². The lowest BCUT2D eigenvalue weighted by atomic mass is 9.91. The number of carboxylic acid groups (broad SMARTS) is 1. The van der Waals surface area contributed by atoms with Gasteiger partial charge in [0.15, 0.2) is 0 Å². The highest BCUT2D eigenvalue weighted by atomic mass is 79.9. The van der Waals surface area contributed by atoms with Crippen molar-refractivity contribution >= 4 is 37.8 Å². The first kappa shape index (κ1) is 19.4. The zero-order valence-electron chi connectivity index (χ0n) is 14.5. The number of rotatable bonds is 5. The molecule has 1 fully saturated rings. The first-order chi connectivity index (χ1) is 12.5. The van der Waals surface area contributed by atoms with E-state index in [4.69, 9.17) is 4.74 Å². The summed E-state index contributed by atoms with van der Waals surface area (Å²) in [6.07, 6.45) is 1.32. The van der Waals surface area contributed by atoms with Crippen LogP contribution in [0.25, 0.3) is 0 Å². The number of methoxy groups -OCH3 is 1. The summed E-state index contributed by atoms with van der Waals surface area (Å²) in [4.78, 5) is 13.7. The molecule has 138 valence electrons. The fourth-order valence-electron chi connectivity index (χ4n) is 3.58. The fourth-order valence-corrected chi connectivity index (χ4v) is 4.46. The number of hydrogen-bond donors (Lipinski definition) is 1. The molecule has 3 rings (SSSR count). The van der Waals surface area contributed by atoms with Gasteiger partial charge >= 0.3 is 5.97 Å². The first-order valence-electron chi connectivity index (χ1n) is 8.56. The van der Waals surface area contributed by atoms with Crippen molar-refractivity contribution in [1.29, 1.82) is 0 Å². The smallest absolute Gasteiger partial charge is 0.306 e. The highest BCUT2D eigenvalue weighted by Gasteiger charge is 2.32. The summed E-state index contributed by atoms with van der Waals surface area (Å²) in [5, 5.41) is 9.31. The molecule has 1 saturated heterocycles. The van der Waals surface area contributed by atoms with Crippen LogP contribution in [0.2, 0.25) is 0 Å². The quantitative estimate of drug-likeness (QED) is 0.643. The second-order valence-electron chi connectivity index (χ2n) is 6.46. The Kier molecular flexibility index (Phi) is 6.37. The highest BCUT2D eigenvalue weighted by molar-refractivity contribution is 9.10. The molecule has 1 aliphatic heterocycles. The van der Waals surface area contributed by atoms with Crippen molar-refractivity contribution in [3.8, 4) is 5.75 Å². The molecule has 1 N–H and O–H groups in total. The minimum absolute atomic E-state index is 0.00669. The van der Waals surface area contributed by atoms with E-state index in [-0.39, 0.29) is 12.0 Å². The Balaban J connectivity index is 2.03. The third-order valence-corrected chi connectivity index (χ3v) is 6.15. The summed E-state index contributed by atoms with van der Waals surface area (Å²) in [6.45, 7) is 1.47. The second-order valence-corrected chi connectivity index (χ2v) is 8.23. The van der Waals surface area contributed by atoms with Crippen LogP contribution >= 0.6 is 31.9 Å². The van der Waals surface area contributed by atoms with Crippen LogP contribution in [0.15, 0.2) is 51.4 Å². The van der Waals surface area contributed by atoms with Crippen molar-refractivity contribution in [2.24, 2.45) is 5.92 Å². The van der Waals surface area contributed by atoms with Gasteiger partial charge in [0.1, 0.15) is 5.75 Å². The Morgan fingerprint density at radius 2 is 1.85 bits per heavy atom. The second kappa shape index (κ2) is 8.55. The summed E-state index contributed by atoms with van der Waals surface area (Å²) in [7, 11) is 1.68. The number of halogens is 2. The zero-order chi connectivity index (χ0) is 18.7. The number of likely N-dealkylation sites (tertiary alicyclic amines) is 1. The molecule has 2 aromatic carbocycles. The molecular formula is C20H21Br2NO3. The van der Waals surface area contributed by atoms with Crippen molar-refractivity contribution in [2.45, 2.75) is 18.9 Å². The van der Waals surface area contributed by atoms with Crippen molar-refractivity contribution in [3.05, 3.63) is 62.5 Å². The minimum atomic E-state index is -0.692. The van der Waals surface area contributed by atoms with Gasteiger partial charge < -0.3 is 9.84 Å². The highest BCUT2D eigenvalue weighted by Crippen LogP contribution is 2.40. The predicted molar refractivity (Wildman–Crippen MR) is 109 cm³/mol. The van der Waals surface area contributed by atoms with E-state index in [9.17, 15) is 9.90 Å². The molecule has 2 aromatic rings. The molecule has 0 spiro atoms. The van der Waals surface area contributed by atoms with Crippen molar-refractivity contribution in [3.63, 3.8) is 0 Å². The van der Waals surface area contributed by atoms with Crippen molar-refractivity contribution in [1.82, 2.24) is 4.90 Å². The van der Waals surface area contributed by atoms with E-state index in [1.54, 1.807) is 7.11 Å². The monoisotopic (exact) mass is 481 g/mol. The summed E-state index contributed by atoms with van der Waals surface area (Å²) in [5.74, 6) is -0.119. The van der Waals surface area contributed by atoms with E-state index in [0.29, 0.717) is 12.8 Å². The van der Waals surface area contributed by atoms with Gasteiger partial charge in [-0.1, -0.05) is 50.1 Å². The van der Waals surface area contributed by atoms with Gasteiger partial charge in [0, 0.05) is 14.5 Å². The standard InChI is InChI=1S/C20H21Br2NO3/c1-26-18-7-6-14(21)12-16(18)19(15-4-2-3-5-17(15)22)23-10-8-13(9-11-23)20(24)25/h2-7,12-13,19H,8-11H2,1H3,(H,24,25). The van der Waals surface area contributed by atoms with E-state index in [0.717, 1.165) is 38.9 Å². The first-order valence-corrected chi connectivity index (χ1v) is 10.1. The van der Waals surface area contributed by atoms with Crippen LogP contribution in [0.3, 0.4) is 0 Å². The van der Waals surface area contributed by atoms with Gasteiger partial charge in [-0.25, -0.2) is 0 Å². The van der Waals surface area contributed by atoms with Crippen LogP contribution in [0.4, 0.5) is 0 Å². The van der Waals surface area contributed by atoms with Crippen LogP contribution in [0.1, 0.15) is 30.0 Å². The Bertz CT molecular complexity index is 788.